The predicted octanol–water partition coefficient (Wildman–Crippen LogP) is 3.00. The largest absolute Gasteiger partial charge is 0.493 e. The highest BCUT2D eigenvalue weighted by atomic mass is 16.5. The van der Waals surface area contributed by atoms with Gasteiger partial charge in [-0.15, -0.1) is 0 Å². The van der Waals surface area contributed by atoms with Crippen LogP contribution in [0.25, 0.3) is 10.9 Å². The zero-order valence-electron chi connectivity index (χ0n) is 16.5. The molecule has 0 aliphatic carbocycles. The van der Waals surface area contributed by atoms with Gasteiger partial charge in [-0.2, -0.15) is 0 Å². The van der Waals surface area contributed by atoms with Gasteiger partial charge in [0.1, 0.15) is 12.1 Å². The third-order valence-corrected chi connectivity index (χ3v) is 5.01. The van der Waals surface area contributed by atoms with Crippen LogP contribution in [0.15, 0.2) is 48.8 Å². The Bertz CT molecular complexity index is 1000. The number of rotatable bonds is 4. The van der Waals surface area contributed by atoms with Crippen LogP contribution in [0, 0.1) is 0 Å². The Balaban J connectivity index is 1.49. The normalized spacial score (nSPS) is 14.0. The molecule has 2 aromatic carbocycles. The number of carbonyl (C=O) groups is 1. The lowest BCUT2D eigenvalue weighted by molar-refractivity contribution is 0.208. The number of methoxy groups -OCH3 is 2. The first-order valence-corrected chi connectivity index (χ1v) is 9.42. The second kappa shape index (κ2) is 8.22. The summed E-state index contributed by atoms with van der Waals surface area (Å²) < 4.78 is 10.8. The maximum Gasteiger partial charge on any atom is 0.321 e. The van der Waals surface area contributed by atoms with Gasteiger partial charge < -0.3 is 24.6 Å². The topological polar surface area (TPSA) is 79.8 Å². The van der Waals surface area contributed by atoms with E-state index in [0.717, 1.165) is 22.4 Å². The summed E-state index contributed by atoms with van der Waals surface area (Å²) in [6, 6.07) is 13.1. The molecule has 3 aromatic rings. The Morgan fingerprint density at radius 2 is 1.66 bits per heavy atom. The van der Waals surface area contributed by atoms with Crippen LogP contribution in [0.5, 0.6) is 11.5 Å². The highest BCUT2D eigenvalue weighted by Crippen LogP contribution is 2.34. The fraction of sp³-hybridized carbons (Fsp3) is 0.286. The van der Waals surface area contributed by atoms with E-state index in [1.165, 1.54) is 0 Å². The number of fused-ring (bicyclic) bond motifs is 1. The number of anilines is 2. The summed E-state index contributed by atoms with van der Waals surface area (Å²) in [6.45, 7) is 2.58. The van der Waals surface area contributed by atoms with E-state index in [1.54, 1.807) is 20.5 Å². The van der Waals surface area contributed by atoms with E-state index in [9.17, 15) is 4.79 Å². The smallest absolute Gasteiger partial charge is 0.321 e. The molecule has 29 heavy (non-hydrogen) atoms. The maximum absolute atomic E-state index is 12.5. The number of carbonyl (C=O) groups excluding carboxylic acids is 1. The van der Waals surface area contributed by atoms with Gasteiger partial charge in [0, 0.05) is 43.3 Å². The van der Waals surface area contributed by atoms with Crippen LogP contribution >= 0.6 is 0 Å². The van der Waals surface area contributed by atoms with Gasteiger partial charge in [0.25, 0.3) is 0 Å². The standard InChI is InChI=1S/C21H23N5O3/c1-28-18-12-16-17(13-19(18)29-2)22-14-23-20(16)25-8-10-26(11-9-25)21(27)24-15-6-4-3-5-7-15/h3-7,12-14H,8-11H2,1-2H3,(H,24,27). The van der Waals surface area contributed by atoms with Gasteiger partial charge >= 0.3 is 6.03 Å². The number of nitrogens with zero attached hydrogens (tertiary/aromatic N) is 4. The Morgan fingerprint density at radius 1 is 0.966 bits per heavy atom. The summed E-state index contributed by atoms with van der Waals surface area (Å²) in [5.74, 6) is 2.10. The fourth-order valence-corrected chi connectivity index (χ4v) is 3.47. The van der Waals surface area contributed by atoms with Crippen LogP contribution in [-0.4, -0.2) is 61.3 Å². The molecule has 1 aromatic heterocycles. The molecule has 0 bridgehead atoms. The van der Waals surface area contributed by atoms with Crippen molar-refractivity contribution in [3.05, 3.63) is 48.8 Å². The highest BCUT2D eigenvalue weighted by Gasteiger charge is 2.24. The zero-order valence-corrected chi connectivity index (χ0v) is 16.5. The Labute approximate surface area is 169 Å². The van der Waals surface area contributed by atoms with E-state index >= 15 is 0 Å². The second-order valence-electron chi connectivity index (χ2n) is 6.69. The van der Waals surface area contributed by atoms with Crippen molar-refractivity contribution in [3.8, 4) is 11.5 Å². The Kier molecular flexibility index (Phi) is 5.33. The third kappa shape index (κ3) is 3.87. The molecule has 0 atom stereocenters. The van der Waals surface area contributed by atoms with Crippen molar-refractivity contribution in [3.63, 3.8) is 0 Å². The van der Waals surface area contributed by atoms with Crippen molar-refractivity contribution in [2.45, 2.75) is 0 Å². The number of benzene rings is 2. The summed E-state index contributed by atoms with van der Waals surface area (Å²) in [7, 11) is 3.21. The zero-order chi connectivity index (χ0) is 20.2. The predicted molar refractivity (Wildman–Crippen MR) is 112 cm³/mol. The molecule has 1 fully saturated rings. The Hall–Kier alpha value is -3.55. The molecule has 1 N–H and O–H groups in total. The van der Waals surface area contributed by atoms with Gasteiger partial charge in [0.15, 0.2) is 11.5 Å². The minimum atomic E-state index is -0.0881. The lowest BCUT2D eigenvalue weighted by Gasteiger charge is -2.35. The van der Waals surface area contributed by atoms with Gasteiger partial charge in [0.2, 0.25) is 0 Å². The van der Waals surface area contributed by atoms with Gasteiger partial charge in [-0.05, 0) is 18.2 Å². The second-order valence-corrected chi connectivity index (χ2v) is 6.69. The number of nitrogens with one attached hydrogen (secondary N) is 1. The van der Waals surface area contributed by atoms with E-state index in [0.29, 0.717) is 37.7 Å². The van der Waals surface area contributed by atoms with Crippen molar-refractivity contribution in [1.29, 1.82) is 0 Å². The van der Waals surface area contributed by atoms with Gasteiger partial charge in [0.05, 0.1) is 19.7 Å². The molecule has 2 heterocycles. The fourth-order valence-electron chi connectivity index (χ4n) is 3.47. The number of aromatic nitrogens is 2. The van der Waals surface area contributed by atoms with Crippen molar-refractivity contribution in [2.24, 2.45) is 0 Å². The molecule has 0 unspecified atom stereocenters. The molecule has 2 amide bonds. The molecule has 0 spiro atoms. The van der Waals surface area contributed by atoms with Crippen LogP contribution < -0.4 is 19.7 Å². The molecule has 0 saturated carbocycles. The van der Waals surface area contributed by atoms with Crippen molar-refractivity contribution in [2.75, 3.05) is 50.6 Å². The van der Waals surface area contributed by atoms with Crippen LogP contribution in [0.1, 0.15) is 0 Å². The van der Waals surface area contributed by atoms with Crippen LogP contribution in [0.2, 0.25) is 0 Å². The summed E-state index contributed by atoms with van der Waals surface area (Å²) >= 11 is 0. The van der Waals surface area contributed by atoms with Crippen LogP contribution in [-0.2, 0) is 0 Å². The van der Waals surface area contributed by atoms with Crippen molar-refractivity contribution in [1.82, 2.24) is 14.9 Å². The van der Waals surface area contributed by atoms with Gasteiger partial charge in [-0.1, -0.05) is 18.2 Å². The maximum atomic E-state index is 12.5. The van der Waals surface area contributed by atoms with E-state index in [4.69, 9.17) is 9.47 Å². The van der Waals surface area contributed by atoms with Crippen LogP contribution in [0.3, 0.4) is 0 Å². The molecular formula is C21H23N5O3. The number of urea groups is 1. The molecule has 4 rings (SSSR count). The quantitative estimate of drug-likeness (QED) is 0.734. The number of ether oxygens (including phenoxy) is 2. The molecule has 8 heteroatoms. The molecule has 0 radical (unpaired) electrons. The molecule has 8 nitrogen and oxygen atoms in total. The van der Waals surface area contributed by atoms with Crippen molar-refractivity contribution < 1.29 is 14.3 Å². The van der Waals surface area contributed by atoms with Crippen LogP contribution in [0.4, 0.5) is 16.3 Å². The van der Waals surface area contributed by atoms with E-state index in [1.807, 2.05) is 47.4 Å². The average Bonchev–Trinajstić information content (AvgIpc) is 2.78. The Morgan fingerprint density at radius 3 is 2.34 bits per heavy atom. The third-order valence-electron chi connectivity index (χ3n) is 5.01. The monoisotopic (exact) mass is 393 g/mol. The summed E-state index contributed by atoms with van der Waals surface area (Å²) in [6.07, 6.45) is 1.55. The molecule has 1 aliphatic heterocycles. The lowest BCUT2D eigenvalue weighted by atomic mass is 10.2. The SMILES string of the molecule is COc1cc2ncnc(N3CCN(C(=O)Nc4ccccc4)CC3)c2cc1OC. The number of para-hydroxylation sites is 1. The lowest BCUT2D eigenvalue weighted by Crippen LogP contribution is -2.50. The number of amides is 2. The molecular weight excluding hydrogens is 370 g/mol. The summed E-state index contributed by atoms with van der Waals surface area (Å²) in [5, 5.41) is 3.83. The first-order valence-electron chi connectivity index (χ1n) is 9.42. The van der Waals surface area contributed by atoms with E-state index in [2.05, 4.69) is 20.2 Å². The average molecular weight is 393 g/mol. The van der Waals surface area contributed by atoms with Gasteiger partial charge in [-0.25, -0.2) is 14.8 Å². The van der Waals surface area contributed by atoms with Gasteiger partial charge in [-0.3, -0.25) is 0 Å². The van der Waals surface area contributed by atoms with E-state index < -0.39 is 0 Å². The molecule has 1 saturated heterocycles. The highest BCUT2D eigenvalue weighted by molar-refractivity contribution is 5.92. The number of piperazine rings is 1. The van der Waals surface area contributed by atoms with E-state index in [-0.39, 0.29) is 6.03 Å². The first kappa shape index (κ1) is 18.8. The molecule has 150 valence electrons. The first-order chi connectivity index (χ1) is 14.2. The molecule has 1 aliphatic rings. The minimum absolute atomic E-state index is 0.0881. The summed E-state index contributed by atoms with van der Waals surface area (Å²) in [5.41, 5.74) is 1.58. The van der Waals surface area contributed by atoms with Crippen molar-refractivity contribution >= 4 is 28.4 Å². The summed E-state index contributed by atoms with van der Waals surface area (Å²) in [4.78, 5) is 25.4. The number of hydrogen-bond donors (Lipinski definition) is 1. The number of hydrogen-bond acceptors (Lipinski definition) is 6. The minimum Gasteiger partial charge on any atom is -0.493 e.